The Morgan fingerprint density at radius 1 is 1.50 bits per heavy atom. The number of para-hydroxylation sites is 1. The van der Waals surface area contributed by atoms with E-state index >= 15 is 0 Å². The highest BCUT2D eigenvalue weighted by atomic mass is 32.2. The number of hydrogen-bond donors (Lipinski definition) is 1. The van der Waals surface area contributed by atoms with Gasteiger partial charge in [-0.25, -0.2) is 13.4 Å². The molecule has 0 bridgehead atoms. The minimum atomic E-state index is -3.39. The molecule has 2 aromatic rings. The molecule has 1 amide bonds. The first-order valence-electron chi connectivity index (χ1n) is 7.70. The van der Waals surface area contributed by atoms with Crippen molar-refractivity contribution in [2.24, 2.45) is 0 Å². The normalized spacial score (nSPS) is 18.8. The monoisotopic (exact) mass is 369 g/mol. The zero-order chi connectivity index (χ0) is 17.3. The second-order valence-electron chi connectivity index (χ2n) is 5.58. The number of nitrogens with zero attached hydrogens (tertiary/aromatic N) is 2. The quantitative estimate of drug-likeness (QED) is 0.871. The maximum Gasteiger partial charge on any atom is 0.244 e. The number of anilines is 1. The summed E-state index contributed by atoms with van der Waals surface area (Å²) in [4.78, 5) is 16.9. The molecule has 130 valence electrons. The van der Waals surface area contributed by atoms with Gasteiger partial charge in [0, 0.05) is 6.54 Å². The Morgan fingerprint density at radius 2 is 2.29 bits per heavy atom. The van der Waals surface area contributed by atoms with Gasteiger partial charge < -0.3 is 10.1 Å². The van der Waals surface area contributed by atoms with Crippen LogP contribution in [0.2, 0.25) is 0 Å². The Bertz CT molecular complexity index is 863. The van der Waals surface area contributed by atoms with Crippen LogP contribution in [0.4, 0.5) is 5.13 Å². The van der Waals surface area contributed by atoms with Gasteiger partial charge in [0.1, 0.15) is 17.3 Å². The molecule has 0 saturated carbocycles. The van der Waals surface area contributed by atoms with Crippen molar-refractivity contribution in [1.82, 2.24) is 9.29 Å². The summed E-state index contributed by atoms with van der Waals surface area (Å²) >= 11 is 1.34. The zero-order valence-electron chi connectivity index (χ0n) is 13.5. The maximum absolute atomic E-state index is 12.5. The second kappa shape index (κ2) is 6.66. The number of thiazole rings is 1. The summed E-state index contributed by atoms with van der Waals surface area (Å²) in [7, 11) is -3.39. The van der Waals surface area contributed by atoms with Crippen LogP contribution in [0.3, 0.4) is 0 Å². The molecule has 1 saturated heterocycles. The molecule has 1 aliphatic rings. The Labute approximate surface area is 144 Å². The fraction of sp³-hybridized carbons (Fsp3) is 0.467. The van der Waals surface area contributed by atoms with Crippen molar-refractivity contribution in [2.75, 3.05) is 24.7 Å². The van der Waals surface area contributed by atoms with E-state index < -0.39 is 16.1 Å². The van der Waals surface area contributed by atoms with Crippen molar-refractivity contribution < 1.29 is 17.9 Å². The van der Waals surface area contributed by atoms with Crippen LogP contribution in [0.1, 0.15) is 19.8 Å². The van der Waals surface area contributed by atoms with Crippen LogP contribution in [0, 0.1) is 0 Å². The van der Waals surface area contributed by atoms with E-state index in [1.54, 1.807) is 0 Å². The number of sulfonamides is 1. The molecule has 0 unspecified atom stereocenters. The van der Waals surface area contributed by atoms with Crippen LogP contribution in [0.5, 0.6) is 5.75 Å². The Kier molecular flexibility index (Phi) is 4.75. The fourth-order valence-electron chi connectivity index (χ4n) is 2.84. The van der Waals surface area contributed by atoms with Crippen LogP contribution in [-0.4, -0.2) is 49.1 Å². The van der Waals surface area contributed by atoms with E-state index in [1.807, 2.05) is 25.1 Å². The number of benzene rings is 1. The fourth-order valence-corrected chi connectivity index (χ4v) is 4.85. The topological polar surface area (TPSA) is 88.6 Å². The van der Waals surface area contributed by atoms with Crippen molar-refractivity contribution in [1.29, 1.82) is 0 Å². The highest BCUT2D eigenvalue weighted by Gasteiger charge is 2.36. The van der Waals surface area contributed by atoms with E-state index in [0.29, 0.717) is 42.4 Å². The molecule has 1 aromatic heterocycles. The standard InChI is InChI=1S/C15H19N3O4S2/c1-3-22-11-7-4-8-12-13(11)16-15(23-12)17-14(19)10-6-5-9-18(10)24(2,20)21/h4,7-8,10H,3,5-6,9H2,1-2H3,(H,16,17,19)/t10-/m1/s1. The molecule has 1 aliphatic heterocycles. The Balaban J connectivity index is 1.82. The predicted molar refractivity (Wildman–Crippen MR) is 94.0 cm³/mol. The predicted octanol–water partition coefficient (Wildman–Crippen LogP) is 2.06. The van der Waals surface area contributed by atoms with Gasteiger partial charge in [0.05, 0.1) is 17.6 Å². The van der Waals surface area contributed by atoms with Crippen molar-refractivity contribution in [3.8, 4) is 5.75 Å². The van der Waals surface area contributed by atoms with Crippen molar-refractivity contribution >= 4 is 42.6 Å². The highest BCUT2D eigenvalue weighted by Crippen LogP contribution is 2.33. The van der Waals surface area contributed by atoms with Gasteiger partial charge in [-0.3, -0.25) is 4.79 Å². The summed E-state index contributed by atoms with van der Waals surface area (Å²) in [5, 5.41) is 3.20. The van der Waals surface area contributed by atoms with Crippen LogP contribution in [0.15, 0.2) is 18.2 Å². The smallest absolute Gasteiger partial charge is 0.244 e. The van der Waals surface area contributed by atoms with Crippen LogP contribution in [-0.2, 0) is 14.8 Å². The SMILES string of the molecule is CCOc1cccc2sc(NC(=O)[C@H]3CCCN3S(C)(=O)=O)nc12. The Hall–Kier alpha value is -1.71. The first-order chi connectivity index (χ1) is 11.4. The van der Waals surface area contributed by atoms with Gasteiger partial charge in [0.15, 0.2) is 5.13 Å². The molecule has 1 N–H and O–H groups in total. The molecule has 0 radical (unpaired) electrons. The van der Waals surface area contributed by atoms with Crippen LogP contribution < -0.4 is 10.1 Å². The number of ether oxygens (including phenoxy) is 1. The van der Waals surface area contributed by atoms with E-state index in [4.69, 9.17) is 4.74 Å². The summed E-state index contributed by atoms with van der Waals surface area (Å²) in [6.07, 6.45) is 2.33. The van der Waals surface area contributed by atoms with E-state index in [-0.39, 0.29) is 5.91 Å². The van der Waals surface area contributed by atoms with Gasteiger partial charge in [-0.1, -0.05) is 17.4 Å². The molecule has 1 aromatic carbocycles. The van der Waals surface area contributed by atoms with Crippen molar-refractivity contribution in [3.05, 3.63) is 18.2 Å². The van der Waals surface area contributed by atoms with E-state index in [9.17, 15) is 13.2 Å². The minimum Gasteiger partial charge on any atom is -0.492 e. The number of carbonyl (C=O) groups excluding carboxylic acids is 1. The highest BCUT2D eigenvalue weighted by molar-refractivity contribution is 7.88. The number of fused-ring (bicyclic) bond motifs is 1. The lowest BCUT2D eigenvalue weighted by molar-refractivity contribution is -0.119. The third-order valence-electron chi connectivity index (χ3n) is 3.84. The number of hydrogen-bond acceptors (Lipinski definition) is 6. The molecule has 2 heterocycles. The first-order valence-corrected chi connectivity index (χ1v) is 10.4. The largest absolute Gasteiger partial charge is 0.492 e. The summed E-state index contributed by atoms with van der Waals surface area (Å²) in [5.74, 6) is 0.334. The zero-order valence-corrected chi connectivity index (χ0v) is 15.1. The van der Waals surface area contributed by atoms with Gasteiger partial charge >= 0.3 is 0 Å². The van der Waals surface area contributed by atoms with Crippen molar-refractivity contribution in [2.45, 2.75) is 25.8 Å². The third-order valence-corrected chi connectivity index (χ3v) is 6.07. The van der Waals surface area contributed by atoms with Gasteiger partial charge in [0.2, 0.25) is 15.9 Å². The van der Waals surface area contributed by atoms with E-state index in [1.165, 1.54) is 15.6 Å². The summed E-state index contributed by atoms with van der Waals surface area (Å²) in [6, 6.07) is 4.95. The summed E-state index contributed by atoms with van der Waals surface area (Å²) < 4.78 is 31.2. The Morgan fingerprint density at radius 3 is 3.00 bits per heavy atom. The molecule has 9 heteroatoms. The third kappa shape index (κ3) is 3.38. The lowest BCUT2D eigenvalue weighted by atomic mass is 10.2. The van der Waals surface area contributed by atoms with Crippen LogP contribution in [0.25, 0.3) is 10.2 Å². The summed E-state index contributed by atoms with van der Waals surface area (Å²) in [6.45, 7) is 2.81. The average molecular weight is 369 g/mol. The number of rotatable bonds is 5. The number of amides is 1. The lowest BCUT2D eigenvalue weighted by Crippen LogP contribution is -2.42. The second-order valence-corrected chi connectivity index (χ2v) is 8.54. The number of aromatic nitrogens is 1. The van der Waals surface area contributed by atoms with E-state index in [2.05, 4.69) is 10.3 Å². The molecular formula is C15H19N3O4S2. The molecule has 1 atom stereocenters. The van der Waals surface area contributed by atoms with E-state index in [0.717, 1.165) is 11.0 Å². The molecule has 1 fully saturated rings. The maximum atomic E-state index is 12.5. The number of carbonyl (C=O) groups is 1. The van der Waals surface area contributed by atoms with Crippen LogP contribution >= 0.6 is 11.3 Å². The molecular weight excluding hydrogens is 350 g/mol. The van der Waals surface area contributed by atoms with Crippen molar-refractivity contribution in [3.63, 3.8) is 0 Å². The molecule has 3 rings (SSSR count). The molecule has 0 spiro atoms. The van der Waals surface area contributed by atoms with Gasteiger partial charge in [-0.15, -0.1) is 0 Å². The van der Waals surface area contributed by atoms with Gasteiger partial charge in [-0.2, -0.15) is 4.31 Å². The average Bonchev–Trinajstić information content (AvgIpc) is 3.13. The number of nitrogens with one attached hydrogen (secondary N) is 1. The van der Waals surface area contributed by atoms with Gasteiger partial charge in [-0.05, 0) is 31.9 Å². The molecule has 24 heavy (non-hydrogen) atoms. The molecule has 0 aliphatic carbocycles. The van der Waals surface area contributed by atoms with Gasteiger partial charge in [0.25, 0.3) is 0 Å². The summed E-state index contributed by atoms with van der Waals surface area (Å²) in [5.41, 5.74) is 0.700. The first kappa shape index (κ1) is 17.1. The molecule has 7 nitrogen and oxygen atoms in total. The minimum absolute atomic E-state index is 0.338. The lowest BCUT2D eigenvalue weighted by Gasteiger charge is -2.20.